The molecule has 4 nitrogen and oxygen atoms in total. The molecule has 204 valence electrons. The van der Waals surface area contributed by atoms with Gasteiger partial charge in [-0.3, -0.25) is 0 Å². The molecule has 2 aromatic carbocycles. The molecule has 1 aliphatic rings. The van der Waals surface area contributed by atoms with E-state index in [4.69, 9.17) is 10.5 Å². The summed E-state index contributed by atoms with van der Waals surface area (Å²) in [6, 6.07) is 12.3. The molecule has 2 aromatic rings. The van der Waals surface area contributed by atoms with Crippen LogP contribution in [0.4, 0.5) is 20.2 Å². The van der Waals surface area contributed by atoms with Crippen LogP contribution in [0.2, 0.25) is 0 Å². The summed E-state index contributed by atoms with van der Waals surface area (Å²) in [5.74, 6) is 0. The molecule has 1 aliphatic heterocycles. The smallest absolute Gasteiger partial charge is 0.144 e. The Hall–Kier alpha value is -3.22. The van der Waals surface area contributed by atoms with Crippen molar-refractivity contribution < 1.29 is 13.5 Å². The van der Waals surface area contributed by atoms with Crippen LogP contribution in [0, 0.1) is 6.92 Å². The third kappa shape index (κ3) is 7.00. The fourth-order valence-electron chi connectivity index (χ4n) is 4.57. The van der Waals surface area contributed by atoms with E-state index >= 15 is 4.39 Å². The van der Waals surface area contributed by atoms with Crippen molar-refractivity contribution in [2.45, 2.75) is 45.5 Å². The van der Waals surface area contributed by atoms with Gasteiger partial charge in [0, 0.05) is 43.7 Å². The highest BCUT2D eigenvalue weighted by molar-refractivity contribution is 5.77. The molecule has 0 aliphatic carbocycles. The van der Waals surface area contributed by atoms with Gasteiger partial charge in [-0.05, 0) is 85.4 Å². The first kappa shape index (κ1) is 29.3. The van der Waals surface area contributed by atoms with E-state index in [2.05, 4.69) is 43.6 Å². The zero-order valence-corrected chi connectivity index (χ0v) is 23.3. The minimum Gasteiger partial charge on any atom is -0.383 e. The predicted octanol–water partition coefficient (Wildman–Crippen LogP) is 7.07. The van der Waals surface area contributed by atoms with Crippen LogP contribution in [0.3, 0.4) is 0 Å². The maximum absolute atomic E-state index is 15.3. The normalized spacial score (nSPS) is 18.0. The minimum atomic E-state index is -1.53. The van der Waals surface area contributed by atoms with Crippen LogP contribution in [-0.4, -0.2) is 44.7 Å². The molecule has 0 aromatic heterocycles. The number of methoxy groups -OCH3 is 1. The summed E-state index contributed by atoms with van der Waals surface area (Å²) in [4.78, 5) is 2.03. The van der Waals surface area contributed by atoms with Gasteiger partial charge in [0.25, 0.3) is 0 Å². The second-order valence-corrected chi connectivity index (χ2v) is 10.5. The minimum absolute atomic E-state index is 0.0196. The Labute approximate surface area is 226 Å². The first-order chi connectivity index (χ1) is 17.9. The summed E-state index contributed by atoms with van der Waals surface area (Å²) >= 11 is 0. The van der Waals surface area contributed by atoms with Crippen molar-refractivity contribution in [3.63, 3.8) is 0 Å². The largest absolute Gasteiger partial charge is 0.383 e. The molecular weight excluding hydrogens is 480 g/mol. The van der Waals surface area contributed by atoms with Crippen LogP contribution in [0.5, 0.6) is 0 Å². The summed E-state index contributed by atoms with van der Waals surface area (Å²) in [5.41, 5.74) is 10.6. The van der Waals surface area contributed by atoms with E-state index in [1.807, 2.05) is 42.2 Å². The van der Waals surface area contributed by atoms with E-state index in [0.29, 0.717) is 30.8 Å². The van der Waals surface area contributed by atoms with Crippen molar-refractivity contribution in [1.29, 1.82) is 0 Å². The lowest BCUT2D eigenvalue weighted by atomic mass is 9.88. The predicted molar refractivity (Wildman–Crippen MR) is 157 cm³/mol. The van der Waals surface area contributed by atoms with Crippen molar-refractivity contribution in [3.05, 3.63) is 95.8 Å². The van der Waals surface area contributed by atoms with E-state index in [1.165, 1.54) is 13.8 Å². The van der Waals surface area contributed by atoms with Gasteiger partial charge in [0.05, 0.1) is 13.2 Å². The van der Waals surface area contributed by atoms with E-state index in [9.17, 15) is 4.39 Å². The molecule has 0 amide bonds. The topological polar surface area (TPSA) is 50.5 Å². The molecule has 0 radical (unpaired) electrons. The fraction of sp³-hybridized carbons (Fsp3) is 0.375. The number of hydrogen-bond donors (Lipinski definition) is 2. The van der Waals surface area contributed by atoms with Crippen LogP contribution in [0.15, 0.2) is 84.6 Å². The van der Waals surface area contributed by atoms with Crippen molar-refractivity contribution in [2.75, 3.05) is 43.6 Å². The number of alkyl halides is 2. The molecule has 1 atom stereocenters. The molecular formula is C32H41F2N3O. The van der Waals surface area contributed by atoms with Crippen molar-refractivity contribution in [3.8, 4) is 11.1 Å². The summed E-state index contributed by atoms with van der Waals surface area (Å²) < 4.78 is 35.0. The molecule has 0 fully saturated rings. The number of rotatable bonds is 11. The molecule has 0 saturated carbocycles. The highest BCUT2D eigenvalue weighted by Gasteiger charge is 2.37. The molecule has 0 saturated heterocycles. The van der Waals surface area contributed by atoms with Gasteiger partial charge in [0.15, 0.2) is 0 Å². The van der Waals surface area contributed by atoms with E-state index in [1.54, 1.807) is 13.2 Å². The Balaban J connectivity index is 1.94. The number of halogens is 2. The summed E-state index contributed by atoms with van der Waals surface area (Å²) in [5, 5.41) is 3.37. The average Bonchev–Trinajstić information content (AvgIpc) is 2.87. The standard InChI is InChI=1S/C32H41F2N3O/c1-8-9-25(16-23(3)31(5,6)33)24(4)36-28-13-10-22(2)29(18-28)26-11-12-27-19-32(34,20-35)21-37(14-15-38-7)30(27)17-26/h8-13,16-18,36H,3-4,14-15,19-21,35H2,1-2,5-7H3/b9-8-,25-16+/t32-/m1/s1. The summed E-state index contributed by atoms with van der Waals surface area (Å²) in [7, 11) is 1.65. The van der Waals surface area contributed by atoms with Crippen molar-refractivity contribution >= 4 is 11.4 Å². The fourth-order valence-corrected chi connectivity index (χ4v) is 4.57. The lowest BCUT2D eigenvalue weighted by Crippen LogP contribution is -2.51. The third-order valence-electron chi connectivity index (χ3n) is 6.97. The summed E-state index contributed by atoms with van der Waals surface area (Å²) in [6.45, 7) is 16.3. The number of aryl methyl sites for hydroxylation is 1. The van der Waals surface area contributed by atoms with Gasteiger partial charge in [-0.2, -0.15) is 0 Å². The maximum atomic E-state index is 15.3. The molecule has 38 heavy (non-hydrogen) atoms. The number of ether oxygens (including phenoxy) is 1. The number of nitrogens with two attached hydrogens (primary N) is 1. The lowest BCUT2D eigenvalue weighted by molar-refractivity contribution is 0.162. The molecule has 0 spiro atoms. The number of allylic oxidation sites excluding steroid dienone is 4. The Morgan fingerprint density at radius 1 is 1.24 bits per heavy atom. The van der Waals surface area contributed by atoms with E-state index in [-0.39, 0.29) is 13.1 Å². The maximum Gasteiger partial charge on any atom is 0.144 e. The third-order valence-corrected chi connectivity index (χ3v) is 6.97. The average molecular weight is 522 g/mol. The molecule has 3 rings (SSSR count). The zero-order valence-electron chi connectivity index (χ0n) is 23.3. The van der Waals surface area contributed by atoms with Gasteiger partial charge < -0.3 is 20.7 Å². The molecule has 0 bridgehead atoms. The van der Waals surface area contributed by atoms with Crippen LogP contribution in [0.25, 0.3) is 11.1 Å². The molecule has 6 heteroatoms. The zero-order chi connectivity index (χ0) is 28.1. The number of fused-ring (bicyclic) bond motifs is 1. The van der Waals surface area contributed by atoms with Crippen LogP contribution >= 0.6 is 0 Å². The second kappa shape index (κ2) is 12.1. The SMILES string of the molecule is C=C(Nc1ccc(C)c(-c2ccc3c(c2)N(CCOC)C[C@](F)(CN)C3)c1)C(/C=C\C)=C/C(=C)C(C)(C)F. The quantitative estimate of drug-likeness (QED) is 0.311. The van der Waals surface area contributed by atoms with Gasteiger partial charge in [-0.25, -0.2) is 8.78 Å². The van der Waals surface area contributed by atoms with Crippen LogP contribution < -0.4 is 16.0 Å². The van der Waals surface area contributed by atoms with E-state index < -0.39 is 11.3 Å². The number of hydrogen-bond acceptors (Lipinski definition) is 4. The first-order valence-corrected chi connectivity index (χ1v) is 13.0. The van der Waals surface area contributed by atoms with Gasteiger partial charge >= 0.3 is 0 Å². The monoisotopic (exact) mass is 521 g/mol. The van der Waals surface area contributed by atoms with E-state index in [0.717, 1.165) is 39.2 Å². The molecule has 1 heterocycles. The van der Waals surface area contributed by atoms with Gasteiger partial charge in [-0.1, -0.05) is 43.5 Å². The van der Waals surface area contributed by atoms with Crippen molar-refractivity contribution in [1.82, 2.24) is 0 Å². The van der Waals surface area contributed by atoms with Gasteiger partial charge in [-0.15, -0.1) is 0 Å². The number of nitrogens with zero attached hydrogens (tertiary/aromatic N) is 1. The second-order valence-electron chi connectivity index (χ2n) is 10.5. The Bertz CT molecular complexity index is 1240. The molecule has 0 unspecified atom stereocenters. The van der Waals surface area contributed by atoms with Gasteiger partial charge in [0.1, 0.15) is 11.3 Å². The Morgan fingerprint density at radius 2 is 1.97 bits per heavy atom. The number of benzene rings is 2. The van der Waals surface area contributed by atoms with Crippen LogP contribution in [-0.2, 0) is 11.2 Å². The highest BCUT2D eigenvalue weighted by atomic mass is 19.1. The lowest BCUT2D eigenvalue weighted by Gasteiger charge is -2.39. The Morgan fingerprint density at radius 3 is 2.61 bits per heavy atom. The molecule has 3 N–H and O–H groups in total. The Kier molecular flexibility index (Phi) is 9.34. The van der Waals surface area contributed by atoms with Crippen molar-refractivity contribution in [2.24, 2.45) is 5.73 Å². The number of nitrogens with one attached hydrogen (secondary N) is 1. The number of anilines is 2. The summed E-state index contributed by atoms with van der Waals surface area (Å²) in [6.07, 6.45) is 5.78. The first-order valence-electron chi connectivity index (χ1n) is 13.0. The highest BCUT2D eigenvalue weighted by Crippen LogP contribution is 2.38. The van der Waals surface area contributed by atoms with Gasteiger partial charge in [0.2, 0.25) is 0 Å². The van der Waals surface area contributed by atoms with Crippen LogP contribution in [0.1, 0.15) is 31.9 Å².